The Morgan fingerprint density at radius 2 is 1.68 bits per heavy atom. The smallest absolute Gasteiger partial charge is 0.242 e. The largest absolute Gasteiger partial charge is 0.497 e. The van der Waals surface area contributed by atoms with Crippen molar-refractivity contribution in [2.24, 2.45) is 0 Å². The molecule has 0 aromatic heterocycles. The molecule has 34 heavy (non-hydrogen) atoms. The summed E-state index contributed by atoms with van der Waals surface area (Å²) in [4.78, 5) is 27.7. The molecule has 0 radical (unpaired) electrons. The Balaban J connectivity index is 1.58. The molecular weight excluding hydrogens is 435 g/mol. The van der Waals surface area contributed by atoms with Crippen LogP contribution in [0, 0.1) is 5.82 Å². The number of nitrogens with one attached hydrogen (secondary N) is 1. The van der Waals surface area contributed by atoms with Gasteiger partial charge in [0.1, 0.15) is 23.4 Å². The van der Waals surface area contributed by atoms with Crippen molar-refractivity contribution in [2.45, 2.75) is 70.5 Å². The first-order chi connectivity index (χ1) is 16.5. The minimum absolute atomic E-state index is 0.131. The minimum atomic E-state index is -0.623. The molecule has 1 aliphatic carbocycles. The summed E-state index contributed by atoms with van der Waals surface area (Å²) in [7, 11) is 1.61. The zero-order valence-corrected chi connectivity index (χ0v) is 20.1. The number of carbonyl (C=O) groups excluding carboxylic acids is 2. The third kappa shape index (κ3) is 7.75. The SMILES string of the molecule is COc1ccc(OCCCC(=O)N(Cc2ccc(F)cc2)[C@@H](C)C(=O)NC2CCCCC2)cc1. The first-order valence-corrected chi connectivity index (χ1v) is 12.1. The second kappa shape index (κ2) is 13.0. The Hall–Kier alpha value is -3.09. The maximum atomic E-state index is 13.4. The van der Waals surface area contributed by atoms with Crippen LogP contribution in [0.1, 0.15) is 57.4 Å². The van der Waals surface area contributed by atoms with E-state index in [1.807, 2.05) is 24.3 Å². The first-order valence-electron chi connectivity index (χ1n) is 12.1. The fourth-order valence-electron chi connectivity index (χ4n) is 4.17. The molecule has 184 valence electrons. The molecular formula is C27H35FN2O4. The molecule has 0 unspecified atom stereocenters. The molecule has 0 bridgehead atoms. The lowest BCUT2D eigenvalue weighted by Crippen LogP contribution is -2.50. The van der Waals surface area contributed by atoms with E-state index in [1.54, 1.807) is 31.1 Å². The molecule has 1 fully saturated rings. The third-order valence-corrected chi connectivity index (χ3v) is 6.25. The summed E-state index contributed by atoms with van der Waals surface area (Å²) in [5, 5.41) is 3.12. The number of benzene rings is 2. The Morgan fingerprint density at radius 3 is 2.32 bits per heavy atom. The molecule has 1 saturated carbocycles. The van der Waals surface area contributed by atoms with Gasteiger partial charge in [-0.2, -0.15) is 0 Å². The molecule has 2 aromatic rings. The van der Waals surface area contributed by atoms with Crippen LogP contribution in [-0.4, -0.2) is 42.5 Å². The van der Waals surface area contributed by atoms with Crippen LogP contribution in [0.5, 0.6) is 11.5 Å². The summed E-state index contributed by atoms with van der Waals surface area (Å²) >= 11 is 0. The van der Waals surface area contributed by atoms with Gasteiger partial charge in [0.15, 0.2) is 0 Å². The van der Waals surface area contributed by atoms with Crippen LogP contribution in [0.4, 0.5) is 4.39 Å². The quantitative estimate of drug-likeness (QED) is 0.476. The maximum Gasteiger partial charge on any atom is 0.242 e. The highest BCUT2D eigenvalue weighted by Gasteiger charge is 2.27. The van der Waals surface area contributed by atoms with Crippen LogP contribution in [0.15, 0.2) is 48.5 Å². The van der Waals surface area contributed by atoms with Crippen LogP contribution in [0.2, 0.25) is 0 Å². The van der Waals surface area contributed by atoms with Gasteiger partial charge in [0, 0.05) is 19.0 Å². The molecule has 1 atom stereocenters. The minimum Gasteiger partial charge on any atom is -0.497 e. The van der Waals surface area contributed by atoms with E-state index in [0.29, 0.717) is 18.8 Å². The Labute approximate surface area is 201 Å². The van der Waals surface area contributed by atoms with Crippen molar-refractivity contribution in [3.8, 4) is 11.5 Å². The second-order valence-electron chi connectivity index (χ2n) is 8.80. The van der Waals surface area contributed by atoms with Gasteiger partial charge in [-0.1, -0.05) is 31.4 Å². The lowest BCUT2D eigenvalue weighted by Gasteiger charge is -2.31. The first kappa shape index (κ1) is 25.5. The number of carbonyl (C=O) groups is 2. The summed E-state index contributed by atoms with van der Waals surface area (Å²) in [6.45, 7) is 2.39. The van der Waals surface area contributed by atoms with Crippen molar-refractivity contribution in [3.63, 3.8) is 0 Å². The number of hydrogen-bond acceptors (Lipinski definition) is 4. The Bertz CT molecular complexity index is 911. The number of amides is 2. The Morgan fingerprint density at radius 1 is 1.03 bits per heavy atom. The number of methoxy groups -OCH3 is 1. The van der Waals surface area contributed by atoms with Gasteiger partial charge in [-0.05, 0) is 68.1 Å². The summed E-state index contributed by atoms with van der Waals surface area (Å²) in [6, 6.07) is 12.8. The fraction of sp³-hybridized carbons (Fsp3) is 0.481. The molecule has 2 aromatic carbocycles. The molecule has 1 N–H and O–H groups in total. The number of hydrogen-bond donors (Lipinski definition) is 1. The van der Waals surface area contributed by atoms with Crippen molar-refractivity contribution in [3.05, 3.63) is 59.9 Å². The monoisotopic (exact) mass is 470 g/mol. The molecule has 7 heteroatoms. The van der Waals surface area contributed by atoms with Gasteiger partial charge in [-0.3, -0.25) is 9.59 Å². The highest BCUT2D eigenvalue weighted by molar-refractivity contribution is 5.87. The molecule has 0 heterocycles. The van der Waals surface area contributed by atoms with Crippen LogP contribution >= 0.6 is 0 Å². The molecule has 0 aliphatic heterocycles. The van der Waals surface area contributed by atoms with E-state index >= 15 is 0 Å². The van der Waals surface area contributed by atoms with Gasteiger partial charge in [0.05, 0.1) is 13.7 Å². The van der Waals surface area contributed by atoms with Crippen molar-refractivity contribution >= 4 is 11.8 Å². The Kier molecular flexibility index (Phi) is 9.74. The van der Waals surface area contributed by atoms with E-state index < -0.39 is 6.04 Å². The van der Waals surface area contributed by atoms with Gasteiger partial charge in [0.25, 0.3) is 0 Å². The predicted octanol–water partition coefficient (Wildman–Crippen LogP) is 4.86. The predicted molar refractivity (Wildman–Crippen MR) is 129 cm³/mol. The summed E-state index contributed by atoms with van der Waals surface area (Å²) in [5.74, 6) is 0.849. The standard InChI is InChI=1S/C27H35FN2O4/c1-20(27(32)29-23-7-4-3-5-8-23)30(19-21-10-12-22(28)13-11-21)26(31)9-6-18-34-25-16-14-24(33-2)15-17-25/h10-17,20,23H,3-9,18-19H2,1-2H3,(H,29,32)/t20-/m0/s1. The molecule has 0 saturated heterocycles. The second-order valence-corrected chi connectivity index (χ2v) is 8.80. The van der Waals surface area contributed by atoms with Crippen molar-refractivity contribution < 1.29 is 23.5 Å². The summed E-state index contributed by atoms with van der Waals surface area (Å²) in [6.07, 6.45) is 6.16. The highest BCUT2D eigenvalue weighted by Crippen LogP contribution is 2.20. The molecule has 3 rings (SSSR count). The van der Waals surface area contributed by atoms with E-state index in [-0.39, 0.29) is 36.6 Å². The zero-order valence-electron chi connectivity index (χ0n) is 20.1. The highest BCUT2D eigenvalue weighted by atomic mass is 19.1. The van der Waals surface area contributed by atoms with E-state index in [4.69, 9.17) is 9.47 Å². The maximum absolute atomic E-state index is 13.4. The average molecular weight is 471 g/mol. The number of halogens is 1. The molecule has 1 aliphatic rings. The lowest BCUT2D eigenvalue weighted by atomic mass is 9.95. The van der Waals surface area contributed by atoms with Crippen LogP contribution in [0.3, 0.4) is 0 Å². The van der Waals surface area contributed by atoms with E-state index in [9.17, 15) is 14.0 Å². The lowest BCUT2D eigenvalue weighted by molar-refractivity contribution is -0.141. The van der Waals surface area contributed by atoms with Gasteiger partial charge in [0.2, 0.25) is 11.8 Å². The molecule has 2 amide bonds. The number of rotatable bonds is 11. The van der Waals surface area contributed by atoms with Gasteiger partial charge >= 0.3 is 0 Å². The zero-order chi connectivity index (χ0) is 24.3. The fourth-order valence-corrected chi connectivity index (χ4v) is 4.17. The third-order valence-electron chi connectivity index (χ3n) is 6.25. The molecule has 0 spiro atoms. The average Bonchev–Trinajstić information content (AvgIpc) is 2.86. The molecule has 6 nitrogen and oxygen atoms in total. The van der Waals surface area contributed by atoms with Crippen molar-refractivity contribution in [1.29, 1.82) is 0 Å². The van der Waals surface area contributed by atoms with E-state index in [2.05, 4.69) is 5.32 Å². The normalized spacial score (nSPS) is 14.8. The topological polar surface area (TPSA) is 67.9 Å². The van der Waals surface area contributed by atoms with E-state index in [1.165, 1.54) is 18.6 Å². The van der Waals surface area contributed by atoms with Gasteiger partial charge in [-0.15, -0.1) is 0 Å². The summed E-state index contributed by atoms with van der Waals surface area (Å²) < 4.78 is 24.2. The van der Waals surface area contributed by atoms with Crippen LogP contribution in [0.25, 0.3) is 0 Å². The van der Waals surface area contributed by atoms with Gasteiger partial charge < -0.3 is 19.7 Å². The van der Waals surface area contributed by atoms with Crippen LogP contribution in [-0.2, 0) is 16.1 Å². The summed E-state index contributed by atoms with van der Waals surface area (Å²) in [5.41, 5.74) is 0.779. The van der Waals surface area contributed by atoms with Crippen molar-refractivity contribution in [2.75, 3.05) is 13.7 Å². The number of ether oxygens (including phenoxy) is 2. The van der Waals surface area contributed by atoms with Crippen molar-refractivity contribution in [1.82, 2.24) is 10.2 Å². The van der Waals surface area contributed by atoms with Crippen LogP contribution < -0.4 is 14.8 Å². The van der Waals surface area contributed by atoms with Gasteiger partial charge in [-0.25, -0.2) is 4.39 Å². The van der Waals surface area contributed by atoms with E-state index in [0.717, 1.165) is 37.0 Å². The number of nitrogens with zero attached hydrogens (tertiary/aromatic N) is 1.